The van der Waals surface area contributed by atoms with Gasteiger partial charge in [0.1, 0.15) is 13.2 Å². The van der Waals surface area contributed by atoms with Crippen molar-refractivity contribution in [2.75, 3.05) is 13.2 Å². The van der Waals surface area contributed by atoms with E-state index >= 15 is 0 Å². The number of rotatable bonds is 56. The molecule has 6 heteroatoms. The Kier molecular flexibility index (Phi) is 56.2. The molecule has 0 heterocycles. The summed E-state index contributed by atoms with van der Waals surface area (Å²) in [5.41, 5.74) is 0. The third kappa shape index (κ3) is 56.4. The average Bonchev–Trinajstić information content (AvgIpc) is 3.35. The van der Waals surface area contributed by atoms with E-state index in [-0.39, 0.29) is 31.1 Å². The first kappa shape index (κ1) is 66.6. The second-order valence-corrected chi connectivity index (χ2v) is 20.6. The highest BCUT2D eigenvalue weighted by molar-refractivity contribution is 5.71. The second kappa shape index (κ2) is 58.2. The van der Waals surface area contributed by atoms with E-state index in [2.05, 4.69) is 57.2 Å². The molecular weight excluding hydrogens is 853 g/mol. The zero-order valence-electron chi connectivity index (χ0n) is 46.3. The van der Waals surface area contributed by atoms with Crippen LogP contribution >= 0.6 is 0 Å². The first-order valence-corrected chi connectivity index (χ1v) is 30.5. The molecule has 404 valence electrons. The standard InChI is InChI=1S/C63H116O6/c1-4-7-10-13-16-19-22-24-26-28-29-30-31-32-33-34-36-37-39-41-44-47-50-53-56-62(65)68-59-60(58-67-61(64)55-52-49-46-43-21-18-15-12-9-6-3)69-63(66)57-54-51-48-45-42-40-38-35-27-25-23-20-17-14-11-8-5-2/h12,15,17,20,25,27,60H,4-11,13-14,16,18-19,21-24,26,28-59H2,1-3H3/b15-12-,20-17-,27-25-. The lowest BCUT2D eigenvalue weighted by Crippen LogP contribution is -2.30. The number of hydrogen-bond donors (Lipinski definition) is 0. The van der Waals surface area contributed by atoms with Gasteiger partial charge in [0.05, 0.1) is 0 Å². The lowest BCUT2D eigenvalue weighted by Gasteiger charge is -2.18. The van der Waals surface area contributed by atoms with Crippen molar-refractivity contribution in [2.45, 2.75) is 335 Å². The molecule has 0 N–H and O–H groups in total. The van der Waals surface area contributed by atoms with Gasteiger partial charge < -0.3 is 14.2 Å². The van der Waals surface area contributed by atoms with E-state index in [1.54, 1.807) is 0 Å². The average molecular weight is 970 g/mol. The van der Waals surface area contributed by atoms with E-state index < -0.39 is 6.10 Å². The Labute approximate surface area is 429 Å². The molecule has 0 saturated carbocycles. The summed E-state index contributed by atoms with van der Waals surface area (Å²) in [6.07, 6.45) is 70.2. The molecule has 0 saturated heterocycles. The Morgan fingerprint density at radius 3 is 0.899 bits per heavy atom. The van der Waals surface area contributed by atoms with Crippen LogP contribution in [0.4, 0.5) is 0 Å². The first-order chi connectivity index (χ1) is 34.0. The summed E-state index contributed by atoms with van der Waals surface area (Å²) in [5.74, 6) is -0.876. The van der Waals surface area contributed by atoms with Gasteiger partial charge in [-0.25, -0.2) is 0 Å². The lowest BCUT2D eigenvalue weighted by atomic mass is 10.0. The van der Waals surface area contributed by atoms with Crippen LogP contribution in [0.3, 0.4) is 0 Å². The van der Waals surface area contributed by atoms with Crippen LogP contribution in [-0.4, -0.2) is 37.2 Å². The zero-order chi connectivity index (χ0) is 50.0. The van der Waals surface area contributed by atoms with Gasteiger partial charge in [0.25, 0.3) is 0 Å². The quantitative estimate of drug-likeness (QED) is 0.0261. The molecule has 0 aromatic rings. The van der Waals surface area contributed by atoms with Crippen molar-refractivity contribution >= 4 is 17.9 Å². The predicted molar refractivity (Wildman–Crippen MR) is 298 cm³/mol. The topological polar surface area (TPSA) is 78.9 Å². The molecule has 0 fully saturated rings. The van der Waals surface area contributed by atoms with E-state index in [0.717, 1.165) is 83.5 Å². The summed E-state index contributed by atoms with van der Waals surface area (Å²) in [6, 6.07) is 0. The molecule has 0 rings (SSSR count). The maximum atomic E-state index is 12.8. The fourth-order valence-corrected chi connectivity index (χ4v) is 9.01. The van der Waals surface area contributed by atoms with Crippen molar-refractivity contribution in [3.63, 3.8) is 0 Å². The van der Waals surface area contributed by atoms with Crippen LogP contribution in [0.15, 0.2) is 36.5 Å². The van der Waals surface area contributed by atoms with Gasteiger partial charge in [-0.2, -0.15) is 0 Å². The number of allylic oxidation sites excluding steroid dienone is 6. The van der Waals surface area contributed by atoms with Crippen molar-refractivity contribution in [3.05, 3.63) is 36.5 Å². The molecule has 0 aromatic carbocycles. The largest absolute Gasteiger partial charge is 0.462 e. The summed E-state index contributed by atoms with van der Waals surface area (Å²) in [7, 11) is 0. The number of esters is 3. The molecule has 0 spiro atoms. The molecule has 0 aromatic heterocycles. The molecule has 0 radical (unpaired) electrons. The smallest absolute Gasteiger partial charge is 0.306 e. The Hall–Kier alpha value is -2.37. The highest BCUT2D eigenvalue weighted by Gasteiger charge is 2.19. The molecule has 69 heavy (non-hydrogen) atoms. The van der Waals surface area contributed by atoms with Crippen LogP contribution in [0.5, 0.6) is 0 Å². The van der Waals surface area contributed by atoms with Crippen molar-refractivity contribution in [2.24, 2.45) is 0 Å². The fraction of sp³-hybridized carbons (Fsp3) is 0.857. The van der Waals surface area contributed by atoms with Gasteiger partial charge in [-0.05, 0) is 70.6 Å². The molecule has 0 aliphatic rings. The summed E-state index contributed by atoms with van der Waals surface area (Å²) < 4.78 is 16.9. The summed E-state index contributed by atoms with van der Waals surface area (Å²) in [5, 5.41) is 0. The highest BCUT2D eigenvalue weighted by Crippen LogP contribution is 2.17. The predicted octanol–water partition coefficient (Wildman–Crippen LogP) is 20.4. The highest BCUT2D eigenvalue weighted by atomic mass is 16.6. The first-order valence-electron chi connectivity index (χ1n) is 30.5. The van der Waals surface area contributed by atoms with Crippen LogP contribution < -0.4 is 0 Å². The molecule has 1 unspecified atom stereocenters. The van der Waals surface area contributed by atoms with Crippen molar-refractivity contribution in [1.82, 2.24) is 0 Å². The van der Waals surface area contributed by atoms with E-state index in [1.165, 1.54) is 205 Å². The normalized spacial score (nSPS) is 12.2. The van der Waals surface area contributed by atoms with Crippen LogP contribution in [0.25, 0.3) is 0 Å². The molecule has 0 aliphatic heterocycles. The van der Waals surface area contributed by atoms with Gasteiger partial charge in [0.15, 0.2) is 6.10 Å². The SMILES string of the molecule is CCC/C=C\CCCCCCCC(=O)OCC(COC(=O)CCCCCCCCCCCCCCCCCCCCCCCCCC)OC(=O)CCCCCCCCC/C=C\C/C=C\CCCCC. The number of ether oxygens (including phenoxy) is 3. The van der Waals surface area contributed by atoms with Crippen molar-refractivity contribution in [3.8, 4) is 0 Å². The zero-order valence-corrected chi connectivity index (χ0v) is 46.3. The van der Waals surface area contributed by atoms with E-state index in [1.807, 2.05) is 0 Å². The monoisotopic (exact) mass is 969 g/mol. The molecule has 1 atom stereocenters. The maximum absolute atomic E-state index is 12.8. The molecule has 0 aliphatic carbocycles. The number of hydrogen-bond acceptors (Lipinski definition) is 6. The van der Waals surface area contributed by atoms with Gasteiger partial charge in [0, 0.05) is 19.3 Å². The maximum Gasteiger partial charge on any atom is 0.306 e. The van der Waals surface area contributed by atoms with Crippen LogP contribution in [0.1, 0.15) is 329 Å². The number of carbonyl (C=O) groups excluding carboxylic acids is 3. The molecule has 0 bridgehead atoms. The van der Waals surface area contributed by atoms with Crippen molar-refractivity contribution < 1.29 is 28.6 Å². The van der Waals surface area contributed by atoms with E-state index in [9.17, 15) is 14.4 Å². The third-order valence-corrected chi connectivity index (χ3v) is 13.6. The fourth-order valence-electron chi connectivity index (χ4n) is 9.01. The minimum atomic E-state index is -0.777. The minimum absolute atomic E-state index is 0.0745. The minimum Gasteiger partial charge on any atom is -0.462 e. The number of carbonyl (C=O) groups is 3. The molecule has 6 nitrogen and oxygen atoms in total. The van der Waals surface area contributed by atoms with Crippen molar-refractivity contribution in [1.29, 1.82) is 0 Å². The van der Waals surface area contributed by atoms with Gasteiger partial charge >= 0.3 is 17.9 Å². The van der Waals surface area contributed by atoms with Crippen LogP contribution in [0.2, 0.25) is 0 Å². The molecular formula is C63H116O6. The van der Waals surface area contributed by atoms with Crippen LogP contribution in [0, 0.1) is 0 Å². The Bertz CT molecular complexity index is 1160. The van der Waals surface area contributed by atoms with E-state index in [4.69, 9.17) is 14.2 Å². The third-order valence-electron chi connectivity index (χ3n) is 13.6. The summed E-state index contributed by atoms with van der Waals surface area (Å²) in [6.45, 7) is 6.59. The van der Waals surface area contributed by atoms with Gasteiger partial charge in [-0.1, -0.05) is 276 Å². The lowest BCUT2D eigenvalue weighted by molar-refractivity contribution is -0.167. The van der Waals surface area contributed by atoms with Gasteiger partial charge in [-0.15, -0.1) is 0 Å². The van der Waals surface area contributed by atoms with E-state index in [0.29, 0.717) is 19.3 Å². The summed E-state index contributed by atoms with van der Waals surface area (Å²) in [4.78, 5) is 38.1. The Morgan fingerprint density at radius 2 is 0.551 bits per heavy atom. The number of unbranched alkanes of at least 4 members (excludes halogenated alkanes) is 39. The van der Waals surface area contributed by atoms with Gasteiger partial charge in [-0.3, -0.25) is 14.4 Å². The second-order valence-electron chi connectivity index (χ2n) is 20.6. The summed E-state index contributed by atoms with van der Waals surface area (Å²) >= 11 is 0. The molecule has 0 amide bonds. The Morgan fingerprint density at radius 1 is 0.290 bits per heavy atom. The van der Waals surface area contributed by atoms with Gasteiger partial charge in [0.2, 0.25) is 0 Å². The Balaban J connectivity index is 4.20. The van der Waals surface area contributed by atoms with Crippen LogP contribution in [-0.2, 0) is 28.6 Å².